The van der Waals surface area contributed by atoms with Gasteiger partial charge in [-0.3, -0.25) is 4.79 Å². The number of hydrogen-bond donors (Lipinski definition) is 1. The van der Waals surface area contributed by atoms with Crippen molar-refractivity contribution in [1.82, 2.24) is 10.2 Å². The van der Waals surface area contributed by atoms with Gasteiger partial charge in [-0.05, 0) is 95.4 Å². The SMILES string of the molecule is CC(C)C1CCN(C(=O)C2(Oc3ccc(Cl)cc3)CCC(NC(=O)OC(C)(C)C)CC2)CC1. The predicted octanol–water partition coefficient (Wildman–Crippen LogP) is 5.82. The van der Waals surface area contributed by atoms with Crippen molar-refractivity contribution < 1.29 is 19.1 Å². The molecule has 1 saturated carbocycles. The van der Waals surface area contributed by atoms with E-state index in [0.29, 0.717) is 48.3 Å². The zero-order chi connectivity index (χ0) is 24.2. The molecule has 0 bridgehead atoms. The molecule has 0 radical (unpaired) electrons. The second kappa shape index (κ2) is 10.5. The number of ether oxygens (including phenoxy) is 2. The van der Waals surface area contributed by atoms with E-state index >= 15 is 0 Å². The van der Waals surface area contributed by atoms with Crippen molar-refractivity contribution in [1.29, 1.82) is 0 Å². The van der Waals surface area contributed by atoms with Crippen LogP contribution in [0.25, 0.3) is 0 Å². The van der Waals surface area contributed by atoms with E-state index in [-0.39, 0.29) is 11.9 Å². The van der Waals surface area contributed by atoms with Crippen molar-refractivity contribution in [2.24, 2.45) is 11.8 Å². The van der Waals surface area contributed by atoms with Crippen LogP contribution in [-0.2, 0) is 9.53 Å². The number of likely N-dealkylation sites (tertiary alicyclic amines) is 1. The Balaban J connectivity index is 1.70. The van der Waals surface area contributed by atoms with Crippen LogP contribution in [0.2, 0.25) is 5.02 Å². The molecule has 1 aliphatic carbocycles. The molecule has 3 rings (SSSR count). The summed E-state index contributed by atoms with van der Waals surface area (Å²) < 4.78 is 11.8. The molecule has 184 valence electrons. The molecule has 1 heterocycles. The first-order chi connectivity index (χ1) is 15.5. The van der Waals surface area contributed by atoms with E-state index in [2.05, 4.69) is 19.2 Å². The molecule has 1 aromatic carbocycles. The molecule has 2 fully saturated rings. The van der Waals surface area contributed by atoms with Gasteiger partial charge in [-0.2, -0.15) is 0 Å². The molecular weight excluding hydrogens is 440 g/mol. The molecule has 6 nitrogen and oxygen atoms in total. The monoisotopic (exact) mass is 478 g/mol. The quantitative estimate of drug-likeness (QED) is 0.579. The molecule has 0 atom stereocenters. The molecule has 2 amide bonds. The maximum Gasteiger partial charge on any atom is 0.407 e. The number of benzene rings is 1. The first kappa shape index (κ1) is 25.7. The fourth-order valence-corrected chi connectivity index (χ4v) is 4.97. The maximum atomic E-state index is 13.8. The lowest BCUT2D eigenvalue weighted by Crippen LogP contribution is -2.58. The summed E-state index contributed by atoms with van der Waals surface area (Å²) in [5.41, 5.74) is -1.47. The first-order valence-corrected chi connectivity index (χ1v) is 12.6. The van der Waals surface area contributed by atoms with Gasteiger partial charge in [0.25, 0.3) is 5.91 Å². The van der Waals surface area contributed by atoms with Gasteiger partial charge in [0.1, 0.15) is 11.4 Å². The van der Waals surface area contributed by atoms with Gasteiger partial charge in [0.2, 0.25) is 0 Å². The number of carbonyl (C=O) groups excluding carboxylic acids is 2. The number of carbonyl (C=O) groups is 2. The second-order valence-corrected chi connectivity index (χ2v) is 11.3. The van der Waals surface area contributed by atoms with Gasteiger partial charge in [-0.15, -0.1) is 0 Å². The maximum absolute atomic E-state index is 13.8. The Labute approximate surface area is 203 Å². The Kier molecular flexibility index (Phi) is 8.20. The van der Waals surface area contributed by atoms with E-state index in [1.54, 1.807) is 12.1 Å². The van der Waals surface area contributed by atoms with Crippen molar-refractivity contribution in [3.63, 3.8) is 0 Å². The minimum atomic E-state index is -0.926. The summed E-state index contributed by atoms with van der Waals surface area (Å²) in [5, 5.41) is 3.59. The molecule has 33 heavy (non-hydrogen) atoms. The molecule has 0 spiro atoms. The van der Waals surface area contributed by atoms with Crippen LogP contribution in [-0.4, -0.2) is 47.2 Å². The molecule has 2 aliphatic rings. The van der Waals surface area contributed by atoms with Crippen LogP contribution in [0.5, 0.6) is 5.75 Å². The molecule has 1 aliphatic heterocycles. The molecule has 1 aromatic rings. The van der Waals surface area contributed by atoms with Crippen LogP contribution in [0.4, 0.5) is 4.79 Å². The topological polar surface area (TPSA) is 67.9 Å². The number of hydrogen-bond acceptors (Lipinski definition) is 4. The fraction of sp³-hybridized carbons (Fsp3) is 0.692. The third-order valence-electron chi connectivity index (χ3n) is 6.80. The third-order valence-corrected chi connectivity index (χ3v) is 7.05. The highest BCUT2D eigenvalue weighted by Crippen LogP contribution is 2.37. The summed E-state index contributed by atoms with van der Waals surface area (Å²) >= 11 is 6.04. The smallest absolute Gasteiger partial charge is 0.407 e. The van der Waals surface area contributed by atoms with Crippen LogP contribution < -0.4 is 10.1 Å². The van der Waals surface area contributed by atoms with Crippen molar-refractivity contribution in [2.75, 3.05) is 13.1 Å². The van der Waals surface area contributed by atoms with E-state index in [9.17, 15) is 9.59 Å². The highest BCUT2D eigenvalue weighted by Gasteiger charge is 2.47. The highest BCUT2D eigenvalue weighted by molar-refractivity contribution is 6.30. The summed E-state index contributed by atoms with van der Waals surface area (Å²) in [6.45, 7) is 11.6. The minimum absolute atomic E-state index is 0.0405. The first-order valence-electron chi connectivity index (χ1n) is 12.2. The van der Waals surface area contributed by atoms with Gasteiger partial charge in [0.05, 0.1) is 0 Å². The number of amides is 2. The van der Waals surface area contributed by atoms with Crippen molar-refractivity contribution >= 4 is 23.6 Å². The zero-order valence-corrected chi connectivity index (χ0v) is 21.4. The highest BCUT2D eigenvalue weighted by atomic mass is 35.5. The number of nitrogens with one attached hydrogen (secondary N) is 1. The third kappa shape index (κ3) is 7.02. The summed E-state index contributed by atoms with van der Waals surface area (Å²) in [4.78, 5) is 28.0. The summed E-state index contributed by atoms with van der Waals surface area (Å²) in [6, 6.07) is 7.14. The van der Waals surface area contributed by atoms with E-state index in [0.717, 1.165) is 25.9 Å². The number of alkyl carbamates (subject to hydrolysis) is 1. The molecule has 0 aromatic heterocycles. The summed E-state index contributed by atoms with van der Waals surface area (Å²) in [6.07, 6.45) is 4.04. The Bertz CT molecular complexity index is 803. The number of nitrogens with zero attached hydrogens (tertiary/aromatic N) is 1. The van der Waals surface area contributed by atoms with Gasteiger partial charge in [-0.1, -0.05) is 25.4 Å². The average molecular weight is 479 g/mol. The second-order valence-electron chi connectivity index (χ2n) is 10.8. The molecule has 0 unspecified atom stereocenters. The largest absolute Gasteiger partial charge is 0.477 e. The van der Waals surface area contributed by atoms with Gasteiger partial charge >= 0.3 is 6.09 Å². The summed E-state index contributed by atoms with van der Waals surface area (Å²) in [7, 11) is 0. The normalized spacial score (nSPS) is 24.5. The average Bonchev–Trinajstić information content (AvgIpc) is 2.75. The lowest BCUT2D eigenvalue weighted by molar-refractivity contribution is -0.153. The lowest BCUT2D eigenvalue weighted by atomic mass is 9.79. The zero-order valence-electron chi connectivity index (χ0n) is 20.7. The van der Waals surface area contributed by atoms with E-state index in [1.807, 2.05) is 37.8 Å². The Morgan fingerprint density at radius 1 is 1.06 bits per heavy atom. The molecule has 7 heteroatoms. The van der Waals surface area contributed by atoms with E-state index in [4.69, 9.17) is 21.1 Å². The predicted molar refractivity (Wildman–Crippen MR) is 131 cm³/mol. The van der Waals surface area contributed by atoms with Gasteiger partial charge in [-0.25, -0.2) is 4.79 Å². The van der Waals surface area contributed by atoms with Gasteiger partial charge < -0.3 is 19.7 Å². The summed E-state index contributed by atoms with van der Waals surface area (Å²) in [5.74, 6) is 2.01. The lowest BCUT2D eigenvalue weighted by Gasteiger charge is -2.44. The Morgan fingerprint density at radius 2 is 1.64 bits per heavy atom. The van der Waals surface area contributed by atoms with E-state index in [1.165, 1.54) is 0 Å². The van der Waals surface area contributed by atoms with Crippen molar-refractivity contribution in [3.8, 4) is 5.75 Å². The van der Waals surface area contributed by atoms with Crippen LogP contribution in [0.3, 0.4) is 0 Å². The molecular formula is C26H39ClN2O4. The molecule has 1 saturated heterocycles. The van der Waals surface area contributed by atoms with E-state index < -0.39 is 17.3 Å². The Hall–Kier alpha value is -1.95. The van der Waals surface area contributed by atoms with Gasteiger partial charge in [0.15, 0.2) is 5.60 Å². The van der Waals surface area contributed by atoms with Crippen LogP contribution >= 0.6 is 11.6 Å². The number of piperidine rings is 1. The number of rotatable bonds is 5. The van der Waals surface area contributed by atoms with Crippen LogP contribution in [0.15, 0.2) is 24.3 Å². The Morgan fingerprint density at radius 3 is 2.15 bits per heavy atom. The molecule has 1 N–H and O–H groups in total. The fourth-order valence-electron chi connectivity index (χ4n) is 4.85. The van der Waals surface area contributed by atoms with Crippen LogP contribution in [0.1, 0.15) is 73.1 Å². The minimum Gasteiger partial charge on any atom is -0.477 e. The van der Waals surface area contributed by atoms with Crippen LogP contribution in [0, 0.1) is 11.8 Å². The standard InChI is InChI=1S/C26H39ClN2O4/c1-18(2)19-12-16-29(17-13-19)23(30)26(32-22-8-6-20(27)7-9-22)14-10-21(11-15-26)28-24(31)33-25(3,4)5/h6-9,18-19,21H,10-17H2,1-5H3,(H,28,31). The van der Waals surface area contributed by atoms with Crippen molar-refractivity contribution in [3.05, 3.63) is 29.3 Å². The van der Waals surface area contributed by atoms with Crippen molar-refractivity contribution in [2.45, 2.75) is 90.4 Å². The van der Waals surface area contributed by atoms with Gasteiger partial charge in [0, 0.05) is 24.2 Å². The number of halogens is 1.